The van der Waals surface area contributed by atoms with E-state index in [4.69, 9.17) is 0 Å². The number of nitro benzene ring substituents is 3. The van der Waals surface area contributed by atoms with E-state index in [-0.39, 0.29) is 0 Å². The molecule has 0 unspecified atom stereocenters. The predicted octanol–water partition coefficient (Wildman–Crippen LogP) is 5.28. The van der Waals surface area contributed by atoms with Gasteiger partial charge in [0.15, 0.2) is 0 Å². The van der Waals surface area contributed by atoms with Crippen molar-refractivity contribution >= 4 is 33.9 Å². The fourth-order valence-electron chi connectivity index (χ4n) is 2.47. The largest absolute Gasteiger partial charge is 0.283 e. The molecule has 9 heteroatoms. The third-order valence-electron chi connectivity index (χ3n) is 3.69. The number of nitrogens with zero attached hydrogens (tertiary/aromatic N) is 3. The normalized spacial score (nSPS) is 10.3. The van der Waals surface area contributed by atoms with Crippen LogP contribution in [0.5, 0.6) is 0 Å². The van der Waals surface area contributed by atoms with Crippen LogP contribution in [-0.2, 0) is 0 Å². The number of hydrogen-bond donors (Lipinski definition) is 0. The van der Waals surface area contributed by atoms with Crippen LogP contribution in [-0.4, -0.2) is 14.8 Å². The van der Waals surface area contributed by atoms with Crippen LogP contribution >= 0.6 is 0 Å². The molecule has 0 radical (unpaired) electrons. The maximum absolute atomic E-state index is 10.3. The Morgan fingerprint density at radius 1 is 0.714 bits per heavy atom. The Hall–Kier alpha value is -4.14. The Labute approximate surface area is 159 Å². The first-order valence-electron chi connectivity index (χ1n) is 8.02. The number of fused-ring (bicyclic) bond motifs is 1. The van der Waals surface area contributed by atoms with Crippen LogP contribution in [0.4, 0.5) is 17.1 Å². The zero-order chi connectivity index (χ0) is 20.7. The van der Waals surface area contributed by atoms with Gasteiger partial charge in [-0.1, -0.05) is 54.6 Å². The monoisotopic (exact) mass is 381 g/mol. The van der Waals surface area contributed by atoms with E-state index in [1.54, 1.807) is 0 Å². The maximum Gasteiger partial charge on any atom is 0.283 e. The molecule has 142 valence electrons. The van der Waals surface area contributed by atoms with E-state index >= 15 is 0 Å². The van der Waals surface area contributed by atoms with Crippen molar-refractivity contribution < 1.29 is 14.8 Å². The number of non-ortho nitro benzene ring substituents is 3. The van der Waals surface area contributed by atoms with Gasteiger partial charge in [0.25, 0.3) is 17.1 Å². The van der Waals surface area contributed by atoms with Gasteiger partial charge >= 0.3 is 0 Å². The van der Waals surface area contributed by atoms with Gasteiger partial charge in [-0.05, 0) is 23.3 Å². The van der Waals surface area contributed by atoms with Crippen molar-refractivity contribution in [2.75, 3.05) is 0 Å². The lowest BCUT2D eigenvalue weighted by molar-refractivity contribution is -0.403. The Kier molecular flexibility index (Phi) is 6.48. The number of benzene rings is 3. The van der Waals surface area contributed by atoms with E-state index in [0.717, 1.165) is 0 Å². The molecule has 0 spiro atoms. The predicted molar refractivity (Wildman–Crippen MR) is 105 cm³/mol. The molecule has 3 rings (SSSR count). The summed E-state index contributed by atoms with van der Waals surface area (Å²) in [4.78, 5) is 28.1. The summed E-state index contributed by atoms with van der Waals surface area (Å²) in [7, 11) is 0. The van der Waals surface area contributed by atoms with Gasteiger partial charge in [-0.25, -0.2) is 0 Å². The van der Waals surface area contributed by atoms with Crippen LogP contribution in [0, 0.1) is 30.3 Å². The number of allylic oxidation sites excluding steroid dienone is 1. The summed E-state index contributed by atoms with van der Waals surface area (Å²) in [6.45, 7) is 2.04. The molecule has 0 heterocycles. The van der Waals surface area contributed by atoms with Gasteiger partial charge in [0.05, 0.1) is 33.0 Å². The first-order chi connectivity index (χ1) is 13.3. The molecule has 0 amide bonds. The topological polar surface area (TPSA) is 129 Å². The zero-order valence-electron chi connectivity index (χ0n) is 14.7. The standard InChI is InChI=1S/C13H12.C6H3N3O6/c1-2-6-11-8-5-9-12-7-3-4-10-13(11)12;10-7(11)4-1-5(8(12)13)3-6(2-4)9(14)15/h2-10H,1H3;1-3H/b6-2+;. The second kappa shape index (κ2) is 8.99. The molecule has 3 aromatic rings. The fraction of sp³-hybridized carbons (Fsp3) is 0.0526. The smallest absolute Gasteiger partial charge is 0.258 e. The number of nitro groups is 3. The maximum atomic E-state index is 10.3. The molecule has 0 aliphatic rings. The summed E-state index contributed by atoms with van der Waals surface area (Å²) < 4.78 is 0. The summed E-state index contributed by atoms with van der Waals surface area (Å²) in [5, 5.41) is 33.6. The molecule has 28 heavy (non-hydrogen) atoms. The lowest BCUT2D eigenvalue weighted by atomic mass is 10.0. The van der Waals surface area contributed by atoms with E-state index < -0.39 is 31.8 Å². The van der Waals surface area contributed by atoms with Crippen LogP contribution in [0.25, 0.3) is 16.8 Å². The molecule has 0 aromatic heterocycles. The molecular weight excluding hydrogens is 366 g/mol. The number of hydrogen-bond acceptors (Lipinski definition) is 6. The van der Waals surface area contributed by atoms with Gasteiger partial charge in [-0.2, -0.15) is 0 Å². The summed E-state index contributed by atoms with van der Waals surface area (Å²) in [6, 6.07) is 16.8. The van der Waals surface area contributed by atoms with Crippen molar-refractivity contribution in [2.45, 2.75) is 6.92 Å². The Morgan fingerprint density at radius 2 is 1.18 bits per heavy atom. The molecule has 0 atom stereocenters. The van der Waals surface area contributed by atoms with Crippen molar-refractivity contribution in [3.63, 3.8) is 0 Å². The second-order valence-corrected chi connectivity index (χ2v) is 5.55. The van der Waals surface area contributed by atoms with Crippen LogP contribution in [0.3, 0.4) is 0 Å². The minimum atomic E-state index is -0.931. The van der Waals surface area contributed by atoms with Crippen molar-refractivity contribution in [3.05, 3.63) is 103 Å². The zero-order valence-corrected chi connectivity index (χ0v) is 14.7. The molecular formula is C19H15N3O6. The van der Waals surface area contributed by atoms with Gasteiger partial charge in [0.2, 0.25) is 0 Å². The van der Waals surface area contributed by atoms with Crippen molar-refractivity contribution in [1.29, 1.82) is 0 Å². The lowest BCUT2D eigenvalue weighted by Gasteiger charge is -2.00. The molecule has 3 aromatic carbocycles. The molecule has 0 aliphatic carbocycles. The Balaban J connectivity index is 0.000000202. The van der Waals surface area contributed by atoms with E-state index in [1.807, 2.05) is 6.92 Å². The van der Waals surface area contributed by atoms with Gasteiger partial charge in [0.1, 0.15) is 0 Å². The van der Waals surface area contributed by atoms with Crippen LogP contribution in [0.15, 0.2) is 66.7 Å². The van der Waals surface area contributed by atoms with E-state index in [9.17, 15) is 30.3 Å². The highest BCUT2D eigenvalue weighted by Crippen LogP contribution is 2.26. The highest BCUT2D eigenvalue weighted by molar-refractivity contribution is 5.90. The van der Waals surface area contributed by atoms with E-state index in [0.29, 0.717) is 18.2 Å². The highest BCUT2D eigenvalue weighted by Gasteiger charge is 2.21. The molecule has 0 N–H and O–H groups in total. The SMILES string of the molecule is C/C=C/c1cccc2ccccc12.O=[N+]([O-])c1cc([N+](=O)[O-])cc([N+](=O)[O-])c1. The quantitative estimate of drug-likeness (QED) is 0.446. The van der Waals surface area contributed by atoms with Gasteiger partial charge in [-0.3, -0.25) is 30.3 Å². The van der Waals surface area contributed by atoms with Crippen molar-refractivity contribution in [3.8, 4) is 0 Å². The third kappa shape index (κ3) is 4.94. The first-order valence-corrected chi connectivity index (χ1v) is 8.02. The molecule has 0 fully saturated rings. The Morgan fingerprint density at radius 3 is 1.64 bits per heavy atom. The van der Waals surface area contributed by atoms with Crippen LogP contribution in [0.2, 0.25) is 0 Å². The van der Waals surface area contributed by atoms with Crippen LogP contribution < -0.4 is 0 Å². The molecule has 0 saturated heterocycles. The summed E-state index contributed by atoms with van der Waals surface area (Å²) in [5.41, 5.74) is -0.761. The average molecular weight is 381 g/mol. The van der Waals surface area contributed by atoms with E-state index in [2.05, 4.69) is 54.6 Å². The van der Waals surface area contributed by atoms with Crippen LogP contribution in [0.1, 0.15) is 12.5 Å². The van der Waals surface area contributed by atoms with Gasteiger partial charge in [-0.15, -0.1) is 0 Å². The average Bonchev–Trinajstić information content (AvgIpc) is 2.68. The molecule has 0 saturated carbocycles. The van der Waals surface area contributed by atoms with Gasteiger partial charge < -0.3 is 0 Å². The summed E-state index contributed by atoms with van der Waals surface area (Å²) >= 11 is 0. The van der Waals surface area contributed by atoms with Crippen molar-refractivity contribution in [1.82, 2.24) is 0 Å². The third-order valence-corrected chi connectivity index (χ3v) is 3.69. The minimum absolute atomic E-state index is 0.660. The minimum Gasteiger partial charge on any atom is -0.258 e. The highest BCUT2D eigenvalue weighted by atomic mass is 16.6. The van der Waals surface area contributed by atoms with Gasteiger partial charge in [0, 0.05) is 0 Å². The fourth-order valence-corrected chi connectivity index (χ4v) is 2.47. The number of rotatable bonds is 4. The van der Waals surface area contributed by atoms with E-state index in [1.165, 1.54) is 16.3 Å². The van der Waals surface area contributed by atoms with Crippen molar-refractivity contribution in [2.24, 2.45) is 0 Å². The summed E-state index contributed by atoms with van der Waals surface area (Å²) in [6.07, 6.45) is 4.21. The molecule has 0 bridgehead atoms. The lowest BCUT2D eigenvalue weighted by Crippen LogP contribution is -1.96. The summed E-state index contributed by atoms with van der Waals surface area (Å²) in [5.74, 6) is 0. The molecule has 9 nitrogen and oxygen atoms in total. The molecule has 0 aliphatic heterocycles. The second-order valence-electron chi connectivity index (χ2n) is 5.55. The Bertz CT molecular complexity index is 994. The first kappa shape index (κ1) is 20.2.